The molecule has 1 unspecified atom stereocenters. The van der Waals surface area contributed by atoms with Gasteiger partial charge >= 0.3 is 0 Å². The van der Waals surface area contributed by atoms with Crippen LogP contribution < -0.4 is 4.90 Å². The lowest BCUT2D eigenvalue weighted by atomic mass is 10.0. The summed E-state index contributed by atoms with van der Waals surface area (Å²) < 4.78 is 1.06. The number of aryl methyl sites for hydroxylation is 1. The summed E-state index contributed by atoms with van der Waals surface area (Å²) in [7, 11) is 4.33. The molecule has 0 aromatic carbocycles. The van der Waals surface area contributed by atoms with Crippen molar-refractivity contribution in [1.29, 1.82) is 0 Å². The van der Waals surface area contributed by atoms with E-state index in [4.69, 9.17) is 0 Å². The first kappa shape index (κ1) is 12.8. The van der Waals surface area contributed by atoms with Gasteiger partial charge in [0, 0.05) is 29.8 Å². The van der Waals surface area contributed by atoms with Gasteiger partial charge in [-0.1, -0.05) is 0 Å². The quantitative estimate of drug-likeness (QED) is 0.837. The Morgan fingerprint density at radius 2 is 2.24 bits per heavy atom. The van der Waals surface area contributed by atoms with Crippen molar-refractivity contribution in [3.05, 3.63) is 22.3 Å². The molecule has 1 aromatic heterocycles. The number of hydrogen-bond donors (Lipinski definition) is 0. The molecule has 2 heterocycles. The van der Waals surface area contributed by atoms with Crippen molar-refractivity contribution >= 4 is 21.7 Å². The highest BCUT2D eigenvalue weighted by atomic mass is 79.9. The van der Waals surface area contributed by atoms with Crippen LogP contribution in [0.2, 0.25) is 0 Å². The molecule has 1 aromatic rings. The van der Waals surface area contributed by atoms with Crippen LogP contribution in [0, 0.1) is 6.92 Å². The summed E-state index contributed by atoms with van der Waals surface area (Å²) in [5.74, 6) is 1.14. The molecule has 4 heteroatoms. The number of piperidine rings is 1. The van der Waals surface area contributed by atoms with E-state index in [1.54, 1.807) is 0 Å². The zero-order valence-corrected chi connectivity index (χ0v) is 12.4. The minimum atomic E-state index is 0.647. The summed E-state index contributed by atoms with van der Waals surface area (Å²) >= 11 is 3.47. The van der Waals surface area contributed by atoms with Gasteiger partial charge in [-0.2, -0.15) is 0 Å². The molecule has 94 valence electrons. The molecular formula is C13H20BrN3. The topological polar surface area (TPSA) is 19.4 Å². The fourth-order valence-corrected chi connectivity index (χ4v) is 2.88. The standard InChI is InChI=1S/C13H20BrN3/c1-10-7-11(14)8-15-13(10)17-6-4-5-12(9-17)16(2)3/h7-8,12H,4-6,9H2,1-3H3. The number of anilines is 1. The monoisotopic (exact) mass is 297 g/mol. The molecule has 0 bridgehead atoms. The first-order valence-electron chi connectivity index (χ1n) is 6.11. The molecule has 3 nitrogen and oxygen atoms in total. The summed E-state index contributed by atoms with van der Waals surface area (Å²) in [6, 6.07) is 2.79. The molecule has 0 aliphatic carbocycles. The molecule has 1 atom stereocenters. The van der Waals surface area contributed by atoms with Crippen molar-refractivity contribution in [2.75, 3.05) is 32.1 Å². The second-order valence-electron chi connectivity index (χ2n) is 5.00. The van der Waals surface area contributed by atoms with E-state index in [-0.39, 0.29) is 0 Å². The second kappa shape index (κ2) is 5.36. The van der Waals surface area contributed by atoms with E-state index in [0.29, 0.717) is 6.04 Å². The number of rotatable bonds is 2. The van der Waals surface area contributed by atoms with Crippen molar-refractivity contribution in [2.45, 2.75) is 25.8 Å². The zero-order valence-electron chi connectivity index (χ0n) is 10.8. The molecule has 0 saturated carbocycles. The molecule has 1 aliphatic rings. The minimum absolute atomic E-state index is 0.647. The van der Waals surface area contributed by atoms with Gasteiger partial charge in [0.2, 0.25) is 0 Å². The molecule has 0 N–H and O–H groups in total. The van der Waals surface area contributed by atoms with Crippen LogP contribution in [0.5, 0.6) is 0 Å². The van der Waals surface area contributed by atoms with Crippen LogP contribution in [-0.4, -0.2) is 43.1 Å². The van der Waals surface area contributed by atoms with Crippen molar-refractivity contribution < 1.29 is 0 Å². The fraction of sp³-hybridized carbons (Fsp3) is 0.615. The van der Waals surface area contributed by atoms with Crippen molar-refractivity contribution in [1.82, 2.24) is 9.88 Å². The largest absolute Gasteiger partial charge is 0.355 e. The summed E-state index contributed by atoms with van der Waals surface area (Å²) in [4.78, 5) is 9.29. The Bertz CT molecular complexity index is 392. The van der Waals surface area contributed by atoms with Gasteiger partial charge in [-0.3, -0.25) is 0 Å². The maximum atomic E-state index is 4.56. The Hall–Kier alpha value is -0.610. The SMILES string of the molecule is Cc1cc(Br)cnc1N1CCCC(N(C)C)C1. The normalized spacial score (nSPS) is 21.0. The van der Waals surface area contributed by atoms with Crippen LogP contribution in [0.25, 0.3) is 0 Å². The minimum Gasteiger partial charge on any atom is -0.355 e. The van der Waals surface area contributed by atoms with E-state index in [1.807, 2.05) is 6.20 Å². The van der Waals surface area contributed by atoms with Crippen molar-refractivity contribution in [3.8, 4) is 0 Å². The van der Waals surface area contributed by atoms with Gasteiger partial charge in [0.05, 0.1) is 0 Å². The molecule has 0 spiro atoms. The molecular weight excluding hydrogens is 278 g/mol. The van der Waals surface area contributed by atoms with Gasteiger partial charge in [0.1, 0.15) is 5.82 Å². The molecule has 1 fully saturated rings. The predicted molar refractivity (Wildman–Crippen MR) is 75.6 cm³/mol. The number of hydrogen-bond acceptors (Lipinski definition) is 3. The average Bonchev–Trinajstić information content (AvgIpc) is 2.29. The lowest BCUT2D eigenvalue weighted by molar-refractivity contribution is 0.257. The summed E-state index contributed by atoms with van der Waals surface area (Å²) in [6.45, 7) is 4.34. The third kappa shape index (κ3) is 2.99. The number of nitrogens with zero attached hydrogens (tertiary/aromatic N) is 3. The lowest BCUT2D eigenvalue weighted by Gasteiger charge is -2.37. The first-order valence-corrected chi connectivity index (χ1v) is 6.90. The van der Waals surface area contributed by atoms with E-state index in [2.05, 4.69) is 57.8 Å². The molecule has 17 heavy (non-hydrogen) atoms. The molecule has 1 saturated heterocycles. The third-order valence-corrected chi connectivity index (χ3v) is 3.88. The second-order valence-corrected chi connectivity index (χ2v) is 5.92. The summed E-state index contributed by atoms with van der Waals surface area (Å²) in [6.07, 6.45) is 4.43. The highest BCUT2D eigenvalue weighted by Gasteiger charge is 2.23. The van der Waals surface area contributed by atoms with Gasteiger partial charge in [-0.05, 0) is 61.4 Å². The van der Waals surface area contributed by atoms with Crippen LogP contribution in [0.1, 0.15) is 18.4 Å². The molecule has 1 aliphatic heterocycles. The predicted octanol–water partition coefficient (Wildman–Crippen LogP) is 2.68. The van der Waals surface area contributed by atoms with E-state index in [9.17, 15) is 0 Å². The van der Waals surface area contributed by atoms with Gasteiger partial charge in [0.25, 0.3) is 0 Å². The lowest BCUT2D eigenvalue weighted by Crippen LogP contribution is -2.45. The van der Waals surface area contributed by atoms with Crippen LogP contribution in [0.15, 0.2) is 16.7 Å². The van der Waals surface area contributed by atoms with Gasteiger partial charge < -0.3 is 9.80 Å². The Balaban J connectivity index is 2.16. The summed E-state index contributed by atoms with van der Waals surface area (Å²) in [5, 5.41) is 0. The summed E-state index contributed by atoms with van der Waals surface area (Å²) in [5.41, 5.74) is 1.25. The smallest absolute Gasteiger partial charge is 0.131 e. The van der Waals surface area contributed by atoms with Gasteiger partial charge in [-0.25, -0.2) is 4.98 Å². The fourth-order valence-electron chi connectivity index (χ4n) is 2.43. The Kier molecular flexibility index (Phi) is 4.05. The zero-order chi connectivity index (χ0) is 12.4. The Morgan fingerprint density at radius 1 is 1.47 bits per heavy atom. The van der Waals surface area contributed by atoms with Crippen LogP contribution in [-0.2, 0) is 0 Å². The van der Waals surface area contributed by atoms with E-state index >= 15 is 0 Å². The van der Waals surface area contributed by atoms with Crippen LogP contribution in [0.3, 0.4) is 0 Å². The molecule has 0 amide bonds. The third-order valence-electron chi connectivity index (χ3n) is 3.44. The van der Waals surface area contributed by atoms with Crippen molar-refractivity contribution in [2.24, 2.45) is 0 Å². The number of pyridine rings is 1. The maximum absolute atomic E-state index is 4.56. The molecule has 2 rings (SSSR count). The highest BCUT2D eigenvalue weighted by Crippen LogP contribution is 2.24. The average molecular weight is 298 g/mol. The Morgan fingerprint density at radius 3 is 2.88 bits per heavy atom. The van der Waals surface area contributed by atoms with E-state index in [1.165, 1.54) is 18.4 Å². The van der Waals surface area contributed by atoms with E-state index in [0.717, 1.165) is 23.4 Å². The van der Waals surface area contributed by atoms with Gasteiger partial charge in [-0.15, -0.1) is 0 Å². The van der Waals surface area contributed by atoms with E-state index < -0.39 is 0 Å². The van der Waals surface area contributed by atoms with Crippen LogP contribution >= 0.6 is 15.9 Å². The number of aromatic nitrogens is 1. The molecule has 0 radical (unpaired) electrons. The van der Waals surface area contributed by atoms with Crippen molar-refractivity contribution in [3.63, 3.8) is 0 Å². The van der Waals surface area contributed by atoms with Gasteiger partial charge in [0.15, 0.2) is 0 Å². The number of halogens is 1. The first-order chi connectivity index (χ1) is 8.08. The number of likely N-dealkylation sites (N-methyl/N-ethyl adjacent to an activating group) is 1. The highest BCUT2D eigenvalue weighted by molar-refractivity contribution is 9.10. The van der Waals surface area contributed by atoms with Crippen LogP contribution in [0.4, 0.5) is 5.82 Å². The Labute approximate surface area is 112 Å². The maximum Gasteiger partial charge on any atom is 0.131 e.